The highest BCUT2D eigenvalue weighted by molar-refractivity contribution is 5.85. The van der Waals surface area contributed by atoms with Crippen molar-refractivity contribution in [3.63, 3.8) is 0 Å². The molecule has 2 rings (SSSR count). The summed E-state index contributed by atoms with van der Waals surface area (Å²) in [5.41, 5.74) is 7.78. The molecule has 6 heteroatoms. The molecule has 0 aliphatic heterocycles. The quantitative estimate of drug-likeness (QED) is 0.717. The van der Waals surface area contributed by atoms with Crippen LogP contribution in [0, 0.1) is 13.8 Å². The molecule has 0 saturated heterocycles. The number of amides is 2. The molecule has 2 N–H and O–H groups in total. The summed E-state index contributed by atoms with van der Waals surface area (Å²) in [4.78, 5) is 24.1. The minimum Gasteiger partial charge on any atom is -0.483 e. The molecule has 2 aromatic carbocycles. The van der Waals surface area contributed by atoms with Gasteiger partial charge in [0.05, 0.1) is 0 Å². The second-order valence-electron chi connectivity index (χ2n) is 7.03. The van der Waals surface area contributed by atoms with Crippen LogP contribution in [-0.4, -0.2) is 24.5 Å². The number of aryl methyl sites for hydroxylation is 2. The first-order chi connectivity index (χ1) is 13.3. The van der Waals surface area contributed by atoms with Crippen LogP contribution in [0.15, 0.2) is 42.5 Å². The predicted molar refractivity (Wildman–Crippen MR) is 108 cm³/mol. The number of ether oxygens (including phenoxy) is 2. The summed E-state index contributed by atoms with van der Waals surface area (Å²) in [6.07, 6.45) is -0.760. The fourth-order valence-corrected chi connectivity index (χ4v) is 2.62. The van der Waals surface area contributed by atoms with E-state index in [9.17, 15) is 9.59 Å². The van der Waals surface area contributed by atoms with Gasteiger partial charge in [-0.25, -0.2) is 0 Å². The molecule has 1 atom stereocenters. The zero-order valence-electron chi connectivity index (χ0n) is 17.0. The zero-order chi connectivity index (χ0) is 20.7. The molecule has 0 bridgehead atoms. The van der Waals surface area contributed by atoms with Crippen LogP contribution in [0.2, 0.25) is 0 Å². The Kier molecular flexibility index (Phi) is 7.44. The van der Waals surface area contributed by atoms with E-state index in [4.69, 9.17) is 9.47 Å². The normalized spacial score (nSPS) is 11.6. The van der Waals surface area contributed by atoms with Crippen molar-refractivity contribution in [1.29, 1.82) is 0 Å². The lowest BCUT2D eigenvalue weighted by Gasteiger charge is -2.16. The third-order valence-corrected chi connectivity index (χ3v) is 4.31. The van der Waals surface area contributed by atoms with E-state index in [1.54, 1.807) is 6.92 Å². The van der Waals surface area contributed by atoms with Crippen LogP contribution in [0.1, 0.15) is 43.4 Å². The highest BCUT2D eigenvalue weighted by Crippen LogP contribution is 2.22. The molecule has 0 aliphatic rings. The predicted octanol–water partition coefficient (Wildman–Crippen LogP) is 3.42. The smallest absolute Gasteiger partial charge is 0.279 e. The Morgan fingerprint density at radius 2 is 1.54 bits per heavy atom. The zero-order valence-corrected chi connectivity index (χ0v) is 17.0. The van der Waals surface area contributed by atoms with Crippen LogP contribution in [-0.2, 0) is 9.59 Å². The highest BCUT2D eigenvalue weighted by atomic mass is 16.5. The van der Waals surface area contributed by atoms with Gasteiger partial charge in [-0.1, -0.05) is 44.2 Å². The molecule has 0 unspecified atom stereocenters. The van der Waals surface area contributed by atoms with Crippen molar-refractivity contribution < 1.29 is 19.1 Å². The van der Waals surface area contributed by atoms with Crippen LogP contribution >= 0.6 is 0 Å². The second kappa shape index (κ2) is 9.78. The fraction of sp³-hybridized carbons (Fsp3) is 0.364. The van der Waals surface area contributed by atoms with Crippen LogP contribution in [0.3, 0.4) is 0 Å². The minimum atomic E-state index is -0.760. The van der Waals surface area contributed by atoms with E-state index >= 15 is 0 Å². The van der Waals surface area contributed by atoms with Gasteiger partial charge in [0.25, 0.3) is 11.8 Å². The lowest BCUT2D eigenvalue weighted by atomic mass is 10.0. The number of para-hydroxylation sites is 1. The minimum absolute atomic E-state index is 0.197. The topological polar surface area (TPSA) is 76.7 Å². The highest BCUT2D eigenvalue weighted by Gasteiger charge is 2.16. The Balaban J connectivity index is 1.78. The maximum Gasteiger partial charge on any atom is 0.279 e. The van der Waals surface area contributed by atoms with Gasteiger partial charge in [-0.05, 0) is 55.5 Å². The number of carbonyl (C=O) groups is 2. The number of hydrogen-bond donors (Lipinski definition) is 2. The first-order valence-electron chi connectivity index (χ1n) is 9.32. The summed E-state index contributed by atoms with van der Waals surface area (Å²) in [6, 6.07) is 13.3. The van der Waals surface area contributed by atoms with E-state index in [1.165, 1.54) is 5.56 Å². The van der Waals surface area contributed by atoms with Gasteiger partial charge in [-0.15, -0.1) is 0 Å². The molecule has 150 valence electrons. The largest absolute Gasteiger partial charge is 0.483 e. The summed E-state index contributed by atoms with van der Waals surface area (Å²) in [6.45, 7) is 9.46. The summed E-state index contributed by atoms with van der Waals surface area (Å²) >= 11 is 0. The van der Waals surface area contributed by atoms with E-state index in [1.807, 2.05) is 56.3 Å². The maximum atomic E-state index is 12.1. The van der Waals surface area contributed by atoms with Crippen molar-refractivity contribution in [2.75, 3.05) is 6.61 Å². The molecular formula is C22H28N2O4. The Bertz CT molecular complexity index is 796. The number of benzene rings is 2. The Labute approximate surface area is 166 Å². The van der Waals surface area contributed by atoms with Crippen molar-refractivity contribution in [3.8, 4) is 11.5 Å². The average Bonchev–Trinajstić information content (AvgIpc) is 2.66. The standard InChI is InChI=1S/C22H28N2O4/c1-14(2)18-9-11-19(12-10-18)28-17(5)22(26)24-23-20(25)13-27-21-15(3)7-6-8-16(21)4/h6-12,14,17H,13H2,1-5H3,(H,23,25)(H,24,26)/t17-/m1/s1. The van der Waals surface area contributed by atoms with E-state index in [0.717, 1.165) is 11.1 Å². The van der Waals surface area contributed by atoms with Crippen molar-refractivity contribution in [3.05, 3.63) is 59.2 Å². The Morgan fingerprint density at radius 3 is 2.11 bits per heavy atom. The van der Waals surface area contributed by atoms with Crippen LogP contribution < -0.4 is 20.3 Å². The van der Waals surface area contributed by atoms with Gasteiger partial charge < -0.3 is 9.47 Å². The van der Waals surface area contributed by atoms with Crippen molar-refractivity contribution in [1.82, 2.24) is 10.9 Å². The summed E-state index contributed by atoms with van der Waals surface area (Å²) in [5, 5.41) is 0. The Morgan fingerprint density at radius 1 is 0.929 bits per heavy atom. The van der Waals surface area contributed by atoms with Crippen molar-refractivity contribution in [2.45, 2.75) is 46.6 Å². The molecule has 2 aromatic rings. The molecule has 0 aliphatic carbocycles. The third-order valence-electron chi connectivity index (χ3n) is 4.31. The first kappa shape index (κ1) is 21.3. The molecule has 0 saturated carbocycles. The first-order valence-corrected chi connectivity index (χ1v) is 9.32. The number of rotatable bonds is 7. The molecule has 0 spiro atoms. The van der Waals surface area contributed by atoms with Crippen molar-refractivity contribution >= 4 is 11.8 Å². The molecular weight excluding hydrogens is 356 g/mol. The lowest BCUT2D eigenvalue weighted by Crippen LogP contribution is -2.48. The van der Waals surface area contributed by atoms with E-state index < -0.39 is 17.9 Å². The van der Waals surface area contributed by atoms with Gasteiger partial charge in [0.2, 0.25) is 0 Å². The van der Waals surface area contributed by atoms with Crippen LogP contribution in [0.25, 0.3) is 0 Å². The molecule has 0 radical (unpaired) electrons. The van der Waals surface area contributed by atoms with Crippen molar-refractivity contribution in [2.24, 2.45) is 0 Å². The summed E-state index contributed by atoms with van der Waals surface area (Å²) in [5.74, 6) is 0.788. The van der Waals surface area contributed by atoms with Gasteiger partial charge in [-0.3, -0.25) is 20.4 Å². The second-order valence-corrected chi connectivity index (χ2v) is 7.03. The van der Waals surface area contributed by atoms with Crippen LogP contribution in [0.5, 0.6) is 11.5 Å². The third kappa shape index (κ3) is 6.01. The average molecular weight is 384 g/mol. The molecule has 0 heterocycles. The molecule has 0 fully saturated rings. The number of nitrogens with one attached hydrogen (secondary N) is 2. The van der Waals surface area contributed by atoms with Gasteiger partial charge >= 0.3 is 0 Å². The van der Waals surface area contributed by atoms with Gasteiger partial charge in [0.15, 0.2) is 12.7 Å². The van der Waals surface area contributed by atoms with E-state index in [0.29, 0.717) is 17.4 Å². The SMILES string of the molecule is Cc1cccc(C)c1OCC(=O)NNC(=O)[C@@H](C)Oc1ccc(C(C)C)cc1. The number of hydrazine groups is 1. The number of carbonyl (C=O) groups excluding carboxylic acids is 2. The fourth-order valence-electron chi connectivity index (χ4n) is 2.62. The summed E-state index contributed by atoms with van der Waals surface area (Å²) in [7, 11) is 0. The molecule has 6 nitrogen and oxygen atoms in total. The van der Waals surface area contributed by atoms with Gasteiger partial charge in [0.1, 0.15) is 11.5 Å². The summed E-state index contributed by atoms with van der Waals surface area (Å²) < 4.78 is 11.2. The molecule has 2 amide bonds. The maximum absolute atomic E-state index is 12.1. The lowest BCUT2D eigenvalue weighted by molar-refractivity contribution is -0.133. The monoisotopic (exact) mass is 384 g/mol. The van der Waals surface area contributed by atoms with Crippen LogP contribution in [0.4, 0.5) is 0 Å². The van der Waals surface area contributed by atoms with Gasteiger partial charge in [-0.2, -0.15) is 0 Å². The van der Waals surface area contributed by atoms with E-state index in [-0.39, 0.29) is 6.61 Å². The van der Waals surface area contributed by atoms with E-state index in [2.05, 4.69) is 24.7 Å². The van der Waals surface area contributed by atoms with Gasteiger partial charge in [0, 0.05) is 0 Å². The molecule has 28 heavy (non-hydrogen) atoms. The Hall–Kier alpha value is -3.02. The number of hydrogen-bond acceptors (Lipinski definition) is 4. The molecule has 0 aromatic heterocycles.